The summed E-state index contributed by atoms with van der Waals surface area (Å²) in [5.74, 6) is 1.13. The van der Waals surface area contributed by atoms with E-state index >= 15 is 0 Å². The first-order chi connectivity index (χ1) is 16.6. The number of benzene rings is 2. The summed E-state index contributed by atoms with van der Waals surface area (Å²) >= 11 is 1.30. The third-order valence-electron chi connectivity index (χ3n) is 6.04. The van der Waals surface area contributed by atoms with Gasteiger partial charge in [0.25, 0.3) is 5.91 Å². The zero-order valence-corrected chi connectivity index (χ0v) is 19.6. The Hall–Kier alpha value is -3.66. The Bertz CT molecular complexity index is 1210. The van der Waals surface area contributed by atoms with E-state index in [1.807, 2.05) is 29.2 Å². The van der Waals surface area contributed by atoms with Crippen LogP contribution in [0.4, 0.5) is 16.2 Å². The van der Waals surface area contributed by atoms with E-state index in [-0.39, 0.29) is 24.6 Å². The number of amides is 3. The molecule has 0 unspecified atom stereocenters. The molecule has 2 aliphatic rings. The van der Waals surface area contributed by atoms with Crippen LogP contribution in [0.2, 0.25) is 0 Å². The molecule has 1 saturated heterocycles. The van der Waals surface area contributed by atoms with Crippen molar-refractivity contribution >= 4 is 34.6 Å². The Morgan fingerprint density at radius 3 is 2.68 bits per heavy atom. The molecule has 9 nitrogen and oxygen atoms in total. The normalized spacial score (nSPS) is 15.3. The topological polar surface area (TPSA) is 106 Å². The van der Waals surface area contributed by atoms with Crippen molar-refractivity contribution in [2.75, 3.05) is 30.5 Å². The van der Waals surface area contributed by atoms with Crippen LogP contribution in [0, 0.1) is 0 Å². The third-order valence-corrected chi connectivity index (χ3v) is 7.12. The largest absolute Gasteiger partial charge is 0.454 e. The average molecular weight is 480 g/mol. The maximum atomic E-state index is 12.7. The monoisotopic (exact) mass is 479 g/mol. The first-order valence-corrected chi connectivity index (χ1v) is 12.1. The first kappa shape index (κ1) is 22.1. The number of hydrogen-bond donors (Lipinski definition) is 2. The predicted molar refractivity (Wildman–Crippen MR) is 129 cm³/mol. The van der Waals surface area contributed by atoms with Crippen molar-refractivity contribution in [3.8, 4) is 11.5 Å². The van der Waals surface area contributed by atoms with Crippen molar-refractivity contribution in [1.82, 2.24) is 15.1 Å². The van der Waals surface area contributed by atoms with Gasteiger partial charge in [-0.3, -0.25) is 4.79 Å². The van der Waals surface area contributed by atoms with Gasteiger partial charge in [0.05, 0.1) is 0 Å². The second-order valence-electron chi connectivity index (χ2n) is 8.17. The average Bonchev–Trinajstić information content (AvgIpc) is 3.54. The summed E-state index contributed by atoms with van der Waals surface area (Å²) in [5, 5.41) is 15.4. The SMILES string of the molecule is CCc1ccccc1NC(=O)N1CCC(c2nnc(C(=O)Nc3ccc4c(c3)OCO4)s2)CC1. The number of anilines is 2. The van der Waals surface area contributed by atoms with Crippen LogP contribution in [0.15, 0.2) is 42.5 Å². The van der Waals surface area contributed by atoms with Gasteiger partial charge in [0, 0.05) is 36.4 Å². The van der Waals surface area contributed by atoms with E-state index in [0.29, 0.717) is 35.3 Å². The standard InChI is InChI=1S/C24H25N5O4S/c1-2-15-5-3-4-6-18(15)26-24(31)29-11-9-16(10-12-29)22-27-28-23(34-22)21(30)25-17-7-8-19-20(13-17)33-14-32-19/h3-8,13,16H,2,9-12,14H2,1H3,(H,25,30)(H,26,31). The number of piperidine rings is 1. The Morgan fingerprint density at radius 1 is 1.06 bits per heavy atom. The minimum atomic E-state index is -0.311. The van der Waals surface area contributed by atoms with Crippen molar-refractivity contribution in [3.05, 3.63) is 58.0 Å². The number of ether oxygens (including phenoxy) is 2. The Morgan fingerprint density at radius 2 is 1.85 bits per heavy atom. The molecular formula is C24H25N5O4S. The molecule has 3 amide bonds. The first-order valence-electron chi connectivity index (χ1n) is 11.3. The number of para-hydroxylation sites is 1. The highest BCUT2D eigenvalue weighted by Crippen LogP contribution is 2.35. The van der Waals surface area contributed by atoms with Gasteiger partial charge < -0.3 is 25.0 Å². The molecule has 5 rings (SSSR count). The number of carbonyl (C=O) groups excluding carboxylic acids is 2. The van der Waals surface area contributed by atoms with Crippen LogP contribution < -0.4 is 20.1 Å². The summed E-state index contributed by atoms with van der Waals surface area (Å²) < 4.78 is 10.6. The molecule has 0 atom stereocenters. The Labute approximate surface area is 201 Å². The van der Waals surface area contributed by atoms with Gasteiger partial charge >= 0.3 is 6.03 Å². The van der Waals surface area contributed by atoms with Gasteiger partial charge in [-0.1, -0.05) is 36.5 Å². The number of carbonyl (C=O) groups is 2. The van der Waals surface area contributed by atoms with E-state index in [9.17, 15) is 9.59 Å². The van der Waals surface area contributed by atoms with Crippen molar-refractivity contribution in [1.29, 1.82) is 0 Å². The van der Waals surface area contributed by atoms with E-state index in [0.717, 1.165) is 35.5 Å². The fourth-order valence-corrected chi connectivity index (χ4v) is 5.03. The summed E-state index contributed by atoms with van der Waals surface area (Å²) in [7, 11) is 0. The van der Waals surface area contributed by atoms with Gasteiger partial charge in [-0.2, -0.15) is 0 Å². The molecule has 0 bridgehead atoms. The fraction of sp³-hybridized carbons (Fsp3) is 0.333. The van der Waals surface area contributed by atoms with Crippen LogP contribution in [-0.4, -0.2) is 46.9 Å². The van der Waals surface area contributed by atoms with Crippen LogP contribution in [0.1, 0.15) is 46.1 Å². The molecule has 1 aromatic heterocycles. The molecule has 3 heterocycles. The lowest BCUT2D eigenvalue weighted by Crippen LogP contribution is -2.40. The molecule has 0 spiro atoms. The Balaban J connectivity index is 1.16. The van der Waals surface area contributed by atoms with Gasteiger partial charge in [-0.05, 0) is 43.0 Å². The van der Waals surface area contributed by atoms with E-state index in [2.05, 4.69) is 27.8 Å². The van der Waals surface area contributed by atoms with Crippen LogP contribution in [-0.2, 0) is 6.42 Å². The van der Waals surface area contributed by atoms with E-state index < -0.39 is 0 Å². The quantitative estimate of drug-likeness (QED) is 0.558. The van der Waals surface area contributed by atoms with Crippen molar-refractivity contribution < 1.29 is 19.1 Å². The molecule has 3 aromatic rings. The summed E-state index contributed by atoms with van der Waals surface area (Å²) in [6, 6.07) is 13.0. The number of likely N-dealkylation sites (tertiary alicyclic amines) is 1. The zero-order valence-electron chi connectivity index (χ0n) is 18.7. The highest BCUT2D eigenvalue weighted by molar-refractivity contribution is 7.13. The van der Waals surface area contributed by atoms with Gasteiger partial charge in [-0.15, -0.1) is 10.2 Å². The van der Waals surface area contributed by atoms with E-state index in [4.69, 9.17) is 9.47 Å². The van der Waals surface area contributed by atoms with E-state index in [1.54, 1.807) is 18.2 Å². The molecule has 2 N–H and O–H groups in total. The molecular weight excluding hydrogens is 454 g/mol. The molecule has 34 heavy (non-hydrogen) atoms. The summed E-state index contributed by atoms with van der Waals surface area (Å²) in [4.78, 5) is 27.2. The van der Waals surface area contributed by atoms with Crippen LogP contribution >= 0.6 is 11.3 Å². The number of fused-ring (bicyclic) bond motifs is 1. The summed E-state index contributed by atoms with van der Waals surface area (Å²) in [6.07, 6.45) is 2.42. The molecule has 0 saturated carbocycles. The molecule has 0 aliphatic carbocycles. The van der Waals surface area contributed by atoms with Crippen molar-refractivity contribution in [2.24, 2.45) is 0 Å². The highest BCUT2D eigenvalue weighted by Gasteiger charge is 2.27. The molecule has 176 valence electrons. The van der Waals surface area contributed by atoms with Crippen molar-refractivity contribution in [2.45, 2.75) is 32.1 Å². The van der Waals surface area contributed by atoms with Gasteiger partial charge in [0.15, 0.2) is 11.5 Å². The fourth-order valence-electron chi connectivity index (χ4n) is 4.12. The number of aromatic nitrogens is 2. The number of aryl methyl sites for hydroxylation is 1. The van der Waals surface area contributed by atoms with Crippen LogP contribution in [0.3, 0.4) is 0 Å². The minimum Gasteiger partial charge on any atom is -0.454 e. The summed E-state index contributed by atoms with van der Waals surface area (Å²) in [5.41, 5.74) is 2.58. The predicted octanol–water partition coefficient (Wildman–Crippen LogP) is 4.49. The molecule has 1 fully saturated rings. The van der Waals surface area contributed by atoms with E-state index in [1.165, 1.54) is 11.3 Å². The number of nitrogens with one attached hydrogen (secondary N) is 2. The lowest BCUT2D eigenvalue weighted by Gasteiger charge is -2.31. The maximum Gasteiger partial charge on any atom is 0.321 e. The lowest BCUT2D eigenvalue weighted by molar-refractivity contribution is 0.102. The Kier molecular flexibility index (Phi) is 6.31. The van der Waals surface area contributed by atoms with Gasteiger partial charge in [0.1, 0.15) is 5.01 Å². The lowest BCUT2D eigenvalue weighted by atomic mass is 9.98. The molecule has 2 aliphatic heterocycles. The number of hydrogen-bond acceptors (Lipinski definition) is 7. The highest BCUT2D eigenvalue weighted by atomic mass is 32.1. The number of rotatable bonds is 5. The second kappa shape index (κ2) is 9.68. The van der Waals surface area contributed by atoms with Gasteiger partial charge in [0.2, 0.25) is 11.8 Å². The molecule has 10 heteroatoms. The molecule has 0 radical (unpaired) electrons. The summed E-state index contributed by atoms with van der Waals surface area (Å²) in [6.45, 7) is 3.51. The maximum absolute atomic E-state index is 12.7. The molecule has 2 aromatic carbocycles. The third kappa shape index (κ3) is 4.67. The zero-order chi connectivity index (χ0) is 23.5. The smallest absolute Gasteiger partial charge is 0.321 e. The van der Waals surface area contributed by atoms with Gasteiger partial charge in [-0.25, -0.2) is 4.79 Å². The number of urea groups is 1. The second-order valence-corrected chi connectivity index (χ2v) is 9.18. The minimum absolute atomic E-state index is 0.0830. The van der Waals surface area contributed by atoms with Crippen LogP contribution in [0.25, 0.3) is 0 Å². The number of nitrogens with zero attached hydrogens (tertiary/aromatic N) is 3. The van der Waals surface area contributed by atoms with Crippen molar-refractivity contribution in [3.63, 3.8) is 0 Å². The van der Waals surface area contributed by atoms with Crippen LogP contribution in [0.5, 0.6) is 11.5 Å².